The molecule has 0 unspecified atom stereocenters. The molecule has 0 atom stereocenters. The van der Waals surface area contributed by atoms with Crippen molar-refractivity contribution in [1.29, 1.82) is 0 Å². The first kappa shape index (κ1) is 13.4. The van der Waals surface area contributed by atoms with E-state index in [2.05, 4.69) is 36.2 Å². The minimum absolute atomic E-state index is 0.714. The number of rotatable bonds is 7. The topological polar surface area (TPSA) is 24.5 Å². The van der Waals surface area contributed by atoms with Crippen LogP contribution in [0.1, 0.15) is 18.9 Å². The molecule has 1 aliphatic rings. The van der Waals surface area contributed by atoms with Gasteiger partial charge in [-0.2, -0.15) is 0 Å². The lowest BCUT2D eigenvalue weighted by molar-refractivity contribution is 0.122. The second-order valence-electron chi connectivity index (χ2n) is 5.01. The van der Waals surface area contributed by atoms with Crippen LogP contribution in [0.15, 0.2) is 24.3 Å². The monoisotopic (exact) mass is 248 g/mol. The highest BCUT2D eigenvalue weighted by molar-refractivity contribution is 5.27. The van der Waals surface area contributed by atoms with Crippen LogP contribution in [0.2, 0.25) is 0 Å². The van der Waals surface area contributed by atoms with Gasteiger partial charge in [-0.1, -0.05) is 19.1 Å². The Balaban J connectivity index is 1.75. The summed E-state index contributed by atoms with van der Waals surface area (Å²) in [5.74, 6) is 0.984. The quantitative estimate of drug-likeness (QED) is 0.799. The van der Waals surface area contributed by atoms with E-state index in [1.54, 1.807) is 0 Å². The van der Waals surface area contributed by atoms with E-state index in [4.69, 9.17) is 4.74 Å². The largest absolute Gasteiger partial charge is 0.492 e. The van der Waals surface area contributed by atoms with Crippen molar-refractivity contribution >= 4 is 0 Å². The molecule has 0 aliphatic carbocycles. The Bertz CT molecular complexity index is 363. The molecule has 18 heavy (non-hydrogen) atoms. The maximum absolute atomic E-state index is 5.82. The van der Waals surface area contributed by atoms with Crippen molar-refractivity contribution in [2.75, 3.05) is 32.8 Å². The second kappa shape index (κ2) is 6.76. The van der Waals surface area contributed by atoms with Gasteiger partial charge < -0.3 is 10.1 Å². The number of nitrogens with zero attached hydrogens (tertiary/aromatic N) is 1. The summed E-state index contributed by atoms with van der Waals surface area (Å²) in [6, 6.07) is 8.98. The third-order valence-corrected chi connectivity index (χ3v) is 3.42. The number of hydrogen-bond acceptors (Lipinski definition) is 3. The van der Waals surface area contributed by atoms with Gasteiger partial charge in [-0.15, -0.1) is 0 Å². The third-order valence-electron chi connectivity index (χ3n) is 3.42. The van der Waals surface area contributed by atoms with Gasteiger partial charge in [0, 0.05) is 25.7 Å². The van der Waals surface area contributed by atoms with Crippen LogP contribution >= 0.6 is 0 Å². The molecule has 1 aromatic carbocycles. The van der Waals surface area contributed by atoms with Crippen LogP contribution in [-0.2, 0) is 0 Å². The van der Waals surface area contributed by atoms with Gasteiger partial charge in [0.05, 0.1) is 0 Å². The van der Waals surface area contributed by atoms with E-state index in [1.165, 1.54) is 18.5 Å². The molecule has 1 fully saturated rings. The number of hydrogen-bond donors (Lipinski definition) is 1. The molecular weight excluding hydrogens is 224 g/mol. The molecule has 0 bridgehead atoms. The van der Waals surface area contributed by atoms with E-state index in [9.17, 15) is 0 Å². The van der Waals surface area contributed by atoms with Crippen molar-refractivity contribution in [1.82, 2.24) is 10.2 Å². The van der Waals surface area contributed by atoms with E-state index in [0.717, 1.165) is 32.0 Å². The molecule has 100 valence electrons. The van der Waals surface area contributed by atoms with Crippen molar-refractivity contribution < 1.29 is 4.74 Å². The van der Waals surface area contributed by atoms with Crippen molar-refractivity contribution in [2.24, 2.45) is 0 Å². The molecular formula is C15H24N2O. The average Bonchev–Trinajstić information content (AvgIpc) is 2.27. The molecule has 1 aromatic rings. The molecule has 0 radical (unpaired) electrons. The highest BCUT2D eigenvalue weighted by Crippen LogP contribution is 2.13. The molecule has 2 rings (SSSR count). The lowest BCUT2D eigenvalue weighted by Crippen LogP contribution is -2.58. The van der Waals surface area contributed by atoms with Gasteiger partial charge >= 0.3 is 0 Å². The average molecular weight is 248 g/mol. The first-order valence-corrected chi connectivity index (χ1v) is 6.94. The number of aryl methyl sites for hydroxylation is 1. The molecule has 3 nitrogen and oxygen atoms in total. The molecule has 1 heterocycles. The molecule has 1 aliphatic heterocycles. The molecule has 1 saturated heterocycles. The first-order chi connectivity index (χ1) is 8.79. The predicted octanol–water partition coefficient (Wildman–Crippen LogP) is 2.06. The van der Waals surface area contributed by atoms with Gasteiger partial charge in [-0.3, -0.25) is 4.90 Å². The minimum Gasteiger partial charge on any atom is -0.492 e. The van der Waals surface area contributed by atoms with Crippen LogP contribution in [0.3, 0.4) is 0 Å². The summed E-state index contributed by atoms with van der Waals surface area (Å²) in [5.41, 5.74) is 1.25. The standard InChI is InChI=1S/C15H24N2O/c1-3-7-17(14-11-16-12-14)8-9-18-15-6-4-5-13(2)10-15/h4-6,10,14,16H,3,7-9,11-12H2,1-2H3. The van der Waals surface area contributed by atoms with Crippen molar-refractivity contribution in [3.8, 4) is 5.75 Å². The molecule has 0 aromatic heterocycles. The summed E-state index contributed by atoms with van der Waals surface area (Å²) < 4.78 is 5.82. The second-order valence-corrected chi connectivity index (χ2v) is 5.01. The Morgan fingerprint density at radius 3 is 2.78 bits per heavy atom. The maximum atomic E-state index is 5.82. The van der Waals surface area contributed by atoms with Gasteiger partial charge in [-0.05, 0) is 37.6 Å². The summed E-state index contributed by atoms with van der Waals surface area (Å²) in [6.07, 6.45) is 1.21. The number of nitrogens with one attached hydrogen (secondary N) is 1. The third kappa shape index (κ3) is 3.72. The van der Waals surface area contributed by atoms with Crippen molar-refractivity contribution in [3.63, 3.8) is 0 Å². The summed E-state index contributed by atoms with van der Waals surface area (Å²) >= 11 is 0. The van der Waals surface area contributed by atoms with Crippen LogP contribution in [0, 0.1) is 6.92 Å². The smallest absolute Gasteiger partial charge is 0.119 e. The Morgan fingerprint density at radius 1 is 1.33 bits per heavy atom. The minimum atomic E-state index is 0.714. The van der Waals surface area contributed by atoms with E-state index < -0.39 is 0 Å². The number of ether oxygens (including phenoxy) is 1. The molecule has 0 amide bonds. The Morgan fingerprint density at radius 2 is 2.17 bits per heavy atom. The van der Waals surface area contributed by atoms with Crippen LogP contribution in [0.5, 0.6) is 5.75 Å². The number of benzene rings is 1. The Labute approximate surface area is 110 Å². The highest BCUT2D eigenvalue weighted by atomic mass is 16.5. The van der Waals surface area contributed by atoms with Crippen LogP contribution < -0.4 is 10.1 Å². The van der Waals surface area contributed by atoms with Gasteiger partial charge in [0.1, 0.15) is 12.4 Å². The highest BCUT2D eigenvalue weighted by Gasteiger charge is 2.23. The fourth-order valence-electron chi connectivity index (χ4n) is 2.28. The zero-order valence-corrected chi connectivity index (χ0v) is 11.5. The molecule has 3 heteroatoms. The lowest BCUT2D eigenvalue weighted by Gasteiger charge is -2.38. The van der Waals surface area contributed by atoms with E-state index in [1.807, 2.05) is 12.1 Å². The van der Waals surface area contributed by atoms with Crippen molar-refractivity contribution in [3.05, 3.63) is 29.8 Å². The fourth-order valence-corrected chi connectivity index (χ4v) is 2.28. The van der Waals surface area contributed by atoms with E-state index >= 15 is 0 Å². The summed E-state index contributed by atoms with van der Waals surface area (Å²) in [5, 5.41) is 3.33. The zero-order chi connectivity index (χ0) is 12.8. The summed E-state index contributed by atoms with van der Waals surface area (Å²) in [7, 11) is 0. The van der Waals surface area contributed by atoms with E-state index in [0.29, 0.717) is 6.04 Å². The normalized spacial score (nSPS) is 15.7. The van der Waals surface area contributed by atoms with Gasteiger partial charge in [-0.25, -0.2) is 0 Å². The molecule has 0 saturated carbocycles. The summed E-state index contributed by atoms with van der Waals surface area (Å²) in [6.45, 7) is 9.56. The van der Waals surface area contributed by atoms with Crippen LogP contribution in [0.25, 0.3) is 0 Å². The van der Waals surface area contributed by atoms with Crippen LogP contribution in [0.4, 0.5) is 0 Å². The Kier molecular flexibility index (Phi) is 5.02. The maximum Gasteiger partial charge on any atom is 0.119 e. The predicted molar refractivity (Wildman–Crippen MR) is 75.2 cm³/mol. The first-order valence-electron chi connectivity index (χ1n) is 6.94. The van der Waals surface area contributed by atoms with Gasteiger partial charge in [0.25, 0.3) is 0 Å². The van der Waals surface area contributed by atoms with Crippen LogP contribution in [-0.4, -0.2) is 43.7 Å². The molecule has 1 N–H and O–H groups in total. The van der Waals surface area contributed by atoms with Gasteiger partial charge in [0.15, 0.2) is 0 Å². The van der Waals surface area contributed by atoms with Gasteiger partial charge in [0.2, 0.25) is 0 Å². The van der Waals surface area contributed by atoms with Crippen molar-refractivity contribution in [2.45, 2.75) is 26.3 Å². The fraction of sp³-hybridized carbons (Fsp3) is 0.600. The van der Waals surface area contributed by atoms with E-state index in [-0.39, 0.29) is 0 Å². The SMILES string of the molecule is CCCN(CCOc1cccc(C)c1)C1CNC1. The summed E-state index contributed by atoms with van der Waals surface area (Å²) in [4.78, 5) is 2.53. The zero-order valence-electron chi connectivity index (χ0n) is 11.5. The molecule has 0 spiro atoms. The Hall–Kier alpha value is -1.06. The lowest BCUT2D eigenvalue weighted by atomic mass is 10.1.